The van der Waals surface area contributed by atoms with Crippen LogP contribution in [-0.2, 0) is 4.79 Å². The summed E-state index contributed by atoms with van der Waals surface area (Å²) >= 11 is 7.49. The molecular weight excluding hydrogens is 344 g/mol. The zero-order valence-electron chi connectivity index (χ0n) is 12.7. The van der Waals surface area contributed by atoms with Crippen LogP contribution in [0.1, 0.15) is 21.8 Å². The lowest BCUT2D eigenvalue weighted by molar-refractivity contribution is -0.120. The summed E-state index contributed by atoms with van der Waals surface area (Å²) in [6, 6.07) is 14.7. The normalized spacial score (nSPS) is 15.9. The van der Waals surface area contributed by atoms with Gasteiger partial charge in [-0.15, -0.1) is 11.8 Å². The van der Waals surface area contributed by atoms with Crippen LogP contribution < -0.4 is 5.32 Å². The molecule has 0 aliphatic carbocycles. The van der Waals surface area contributed by atoms with Crippen LogP contribution in [0.2, 0.25) is 5.02 Å². The molecule has 0 radical (unpaired) electrons. The monoisotopic (exact) mass is 358 g/mol. The van der Waals surface area contributed by atoms with Gasteiger partial charge in [0.25, 0.3) is 5.91 Å². The van der Waals surface area contributed by atoms with Crippen molar-refractivity contribution in [3.05, 3.63) is 64.7 Å². The van der Waals surface area contributed by atoms with Gasteiger partial charge in [0.05, 0.1) is 5.92 Å². The summed E-state index contributed by atoms with van der Waals surface area (Å²) in [6.45, 7) is 0.534. The van der Waals surface area contributed by atoms with Crippen molar-refractivity contribution in [1.29, 1.82) is 0 Å². The number of hydrogen-bond acceptors (Lipinski definition) is 3. The number of amides is 2. The zero-order chi connectivity index (χ0) is 16.9. The second-order valence-electron chi connectivity index (χ2n) is 5.24. The number of thioether (sulfide) groups is 1. The molecule has 3 rings (SSSR count). The molecule has 122 valence electrons. The minimum absolute atomic E-state index is 0.143. The highest BCUT2D eigenvalue weighted by molar-refractivity contribution is 7.99. The van der Waals surface area contributed by atoms with Crippen molar-refractivity contribution in [1.82, 2.24) is 5.32 Å². The molecule has 2 aromatic carbocycles. The standard InChI is InChI=1S/C18H15ClN2O2S/c19-12-5-7-13(8-6-12)24-10-9-20-18(23)16-11-21-17(22)15-4-2-1-3-14(15)16/h1-8,11,16H,9-10H2,(H,20,23). The molecule has 0 bridgehead atoms. The van der Waals surface area contributed by atoms with E-state index in [1.807, 2.05) is 30.3 Å². The fourth-order valence-corrected chi connectivity index (χ4v) is 3.34. The summed E-state index contributed by atoms with van der Waals surface area (Å²) < 4.78 is 0. The maximum atomic E-state index is 12.4. The number of benzene rings is 2. The number of carbonyl (C=O) groups excluding carboxylic acids is 2. The van der Waals surface area contributed by atoms with E-state index in [-0.39, 0.29) is 11.8 Å². The van der Waals surface area contributed by atoms with E-state index >= 15 is 0 Å². The van der Waals surface area contributed by atoms with Crippen LogP contribution in [0, 0.1) is 0 Å². The Balaban J connectivity index is 1.55. The number of fused-ring (bicyclic) bond motifs is 1. The van der Waals surface area contributed by atoms with Gasteiger partial charge in [-0.2, -0.15) is 0 Å². The molecule has 1 aliphatic heterocycles. The number of rotatable bonds is 5. The number of hydrogen-bond donors (Lipinski definition) is 1. The Kier molecular flexibility index (Phi) is 5.33. The fourth-order valence-electron chi connectivity index (χ4n) is 2.45. The molecule has 0 fully saturated rings. The molecule has 2 aromatic rings. The number of halogens is 1. The van der Waals surface area contributed by atoms with Gasteiger partial charge in [0.2, 0.25) is 5.91 Å². The van der Waals surface area contributed by atoms with Gasteiger partial charge in [-0.05, 0) is 35.9 Å². The molecule has 1 heterocycles. The Labute approximate surface area is 149 Å². The maximum absolute atomic E-state index is 12.4. The third-order valence-electron chi connectivity index (χ3n) is 3.63. The Morgan fingerprint density at radius 2 is 1.92 bits per heavy atom. The SMILES string of the molecule is O=C1N=CC(C(=O)NCCSc2ccc(Cl)cc2)c2ccccc21. The summed E-state index contributed by atoms with van der Waals surface area (Å²) in [5, 5.41) is 3.61. The molecule has 6 heteroatoms. The molecule has 1 aliphatic rings. The van der Waals surface area contributed by atoms with Crippen LogP contribution in [-0.4, -0.2) is 30.3 Å². The Hall–Kier alpha value is -2.11. The van der Waals surface area contributed by atoms with Gasteiger partial charge in [-0.1, -0.05) is 29.8 Å². The first-order chi connectivity index (χ1) is 11.6. The van der Waals surface area contributed by atoms with E-state index < -0.39 is 5.92 Å². The summed E-state index contributed by atoms with van der Waals surface area (Å²) in [6.07, 6.45) is 1.42. The summed E-state index contributed by atoms with van der Waals surface area (Å²) in [4.78, 5) is 29.1. The lowest BCUT2D eigenvalue weighted by atomic mass is 9.92. The topological polar surface area (TPSA) is 58.5 Å². The zero-order valence-corrected chi connectivity index (χ0v) is 14.3. The van der Waals surface area contributed by atoms with Crippen LogP contribution in [0.3, 0.4) is 0 Å². The lowest BCUT2D eigenvalue weighted by Gasteiger charge is -2.18. The Morgan fingerprint density at radius 3 is 2.71 bits per heavy atom. The summed E-state index contributed by atoms with van der Waals surface area (Å²) in [7, 11) is 0. The van der Waals surface area contributed by atoms with Gasteiger partial charge in [-0.3, -0.25) is 9.59 Å². The summed E-state index contributed by atoms with van der Waals surface area (Å²) in [5.41, 5.74) is 1.20. The molecule has 0 aromatic heterocycles. The van der Waals surface area contributed by atoms with Crippen molar-refractivity contribution in [2.75, 3.05) is 12.3 Å². The third kappa shape index (κ3) is 3.86. The van der Waals surface area contributed by atoms with E-state index in [0.717, 1.165) is 10.6 Å². The van der Waals surface area contributed by atoms with E-state index in [4.69, 9.17) is 11.6 Å². The van der Waals surface area contributed by atoms with Crippen LogP contribution in [0.5, 0.6) is 0 Å². The highest BCUT2D eigenvalue weighted by atomic mass is 35.5. The van der Waals surface area contributed by atoms with E-state index in [2.05, 4.69) is 10.3 Å². The lowest BCUT2D eigenvalue weighted by Crippen LogP contribution is -2.34. The van der Waals surface area contributed by atoms with Crippen LogP contribution >= 0.6 is 23.4 Å². The highest BCUT2D eigenvalue weighted by Crippen LogP contribution is 2.24. The van der Waals surface area contributed by atoms with Crippen LogP contribution in [0.25, 0.3) is 0 Å². The third-order valence-corrected chi connectivity index (χ3v) is 4.90. The average Bonchev–Trinajstić information content (AvgIpc) is 2.60. The summed E-state index contributed by atoms with van der Waals surface area (Å²) in [5.74, 6) is -0.208. The molecule has 0 saturated carbocycles. The Bertz CT molecular complexity index is 790. The number of carbonyl (C=O) groups is 2. The van der Waals surface area contributed by atoms with E-state index in [1.165, 1.54) is 6.21 Å². The van der Waals surface area contributed by atoms with Crippen molar-refractivity contribution in [3.8, 4) is 0 Å². The van der Waals surface area contributed by atoms with Crippen molar-refractivity contribution >= 4 is 41.4 Å². The quantitative estimate of drug-likeness (QED) is 0.656. The van der Waals surface area contributed by atoms with Crippen molar-refractivity contribution in [2.24, 2.45) is 4.99 Å². The predicted molar refractivity (Wildman–Crippen MR) is 97.2 cm³/mol. The highest BCUT2D eigenvalue weighted by Gasteiger charge is 2.27. The van der Waals surface area contributed by atoms with Crippen molar-refractivity contribution in [2.45, 2.75) is 10.8 Å². The molecular formula is C18H15ClN2O2S. The van der Waals surface area contributed by atoms with Gasteiger partial charge < -0.3 is 5.32 Å². The predicted octanol–water partition coefficient (Wildman–Crippen LogP) is 3.56. The van der Waals surface area contributed by atoms with Crippen molar-refractivity contribution < 1.29 is 9.59 Å². The molecule has 4 nitrogen and oxygen atoms in total. The molecule has 1 atom stereocenters. The molecule has 24 heavy (non-hydrogen) atoms. The fraction of sp³-hybridized carbons (Fsp3) is 0.167. The number of nitrogens with zero attached hydrogens (tertiary/aromatic N) is 1. The maximum Gasteiger partial charge on any atom is 0.276 e. The first-order valence-electron chi connectivity index (χ1n) is 7.48. The number of nitrogens with one attached hydrogen (secondary N) is 1. The molecule has 1 N–H and O–H groups in total. The van der Waals surface area contributed by atoms with Gasteiger partial charge in [-0.25, -0.2) is 4.99 Å². The minimum Gasteiger partial charge on any atom is -0.354 e. The van der Waals surface area contributed by atoms with Gasteiger partial charge in [0, 0.05) is 34.0 Å². The van der Waals surface area contributed by atoms with Crippen molar-refractivity contribution in [3.63, 3.8) is 0 Å². The smallest absolute Gasteiger partial charge is 0.276 e. The molecule has 2 amide bonds. The van der Waals surface area contributed by atoms with Gasteiger partial charge >= 0.3 is 0 Å². The molecule has 1 unspecified atom stereocenters. The minimum atomic E-state index is -0.514. The second-order valence-corrected chi connectivity index (χ2v) is 6.85. The van der Waals surface area contributed by atoms with E-state index in [9.17, 15) is 9.59 Å². The Morgan fingerprint density at radius 1 is 1.17 bits per heavy atom. The van der Waals surface area contributed by atoms with Crippen LogP contribution in [0.15, 0.2) is 58.4 Å². The second kappa shape index (κ2) is 7.64. The van der Waals surface area contributed by atoms with E-state index in [0.29, 0.717) is 22.7 Å². The van der Waals surface area contributed by atoms with Crippen LogP contribution in [0.4, 0.5) is 0 Å². The first kappa shape index (κ1) is 16.7. The molecule has 0 saturated heterocycles. The first-order valence-corrected chi connectivity index (χ1v) is 8.85. The number of aliphatic imine (C=N–C) groups is 1. The van der Waals surface area contributed by atoms with E-state index in [1.54, 1.807) is 30.0 Å². The average molecular weight is 359 g/mol. The van der Waals surface area contributed by atoms with Gasteiger partial charge in [0.1, 0.15) is 0 Å². The molecule has 0 spiro atoms. The largest absolute Gasteiger partial charge is 0.354 e. The van der Waals surface area contributed by atoms with Gasteiger partial charge in [0.15, 0.2) is 0 Å².